The number of aromatic nitrogens is 2. The fraction of sp³-hybridized carbons (Fsp3) is 0.485. The van der Waals surface area contributed by atoms with E-state index in [1.54, 1.807) is 6.07 Å². The molecule has 0 radical (unpaired) electrons. The molecule has 3 aromatic rings. The van der Waals surface area contributed by atoms with Crippen LogP contribution in [0.5, 0.6) is 5.75 Å². The SMILES string of the molecule is NCCCCC(NC(=O)N1CCOCC1)(NC(=O)N1CCOCC1)C(=O)c1noc(Cc2ccc(OCCc3ccc(Cl)c(Cl)c3)cc2)n1. The lowest BCUT2D eigenvalue weighted by Crippen LogP contribution is -2.69. The van der Waals surface area contributed by atoms with E-state index < -0.39 is 23.5 Å². The number of unbranched alkanes of at least 4 members (excludes halogenated alkanes) is 1. The number of benzene rings is 2. The maximum absolute atomic E-state index is 14.3. The summed E-state index contributed by atoms with van der Waals surface area (Å²) in [6, 6.07) is 11.8. The number of carbonyl (C=O) groups is 3. The summed E-state index contributed by atoms with van der Waals surface area (Å²) in [4.78, 5) is 48.7. The van der Waals surface area contributed by atoms with Crippen molar-refractivity contribution in [1.29, 1.82) is 0 Å². The van der Waals surface area contributed by atoms with Gasteiger partial charge in [0.1, 0.15) is 5.75 Å². The largest absolute Gasteiger partial charge is 0.493 e. The number of nitrogens with one attached hydrogen (secondary N) is 2. The summed E-state index contributed by atoms with van der Waals surface area (Å²) in [6.07, 6.45) is 1.95. The van der Waals surface area contributed by atoms with Crippen LogP contribution in [-0.2, 0) is 22.3 Å². The monoisotopic (exact) mass is 717 g/mol. The first-order valence-corrected chi connectivity index (χ1v) is 17.0. The van der Waals surface area contributed by atoms with Crippen LogP contribution >= 0.6 is 23.2 Å². The lowest BCUT2D eigenvalue weighted by molar-refractivity contribution is 0.0432. The van der Waals surface area contributed by atoms with E-state index in [-0.39, 0.29) is 24.6 Å². The van der Waals surface area contributed by atoms with Gasteiger partial charge in [-0.15, -0.1) is 0 Å². The third-order valence-electron chi connectivity index (χ3n) is 8.22. The first-order valence-electron chi connectivity index (χ1n) is 16.3. The summed E-state index contributed by atoms with van der Waals surface area (Å²) in [6.45, 7) is 3.61. The Balaban J connectivity index is 1.28. The van der Waals surface area contributed by atoms with Gasteiger partial charge in [-0.2, -0.15) is 4.98 Å². The minimum Gasteiger partial charge on any atom is -0.493 e. The minimum atomic E-state index is -1.86. The van der Waals surface area contributed by atoms with E-state index in [0.29, 0.717) is 101 Å². The molecule has 264 valence electrons. The summed E-state index contributed by atoms with van der Waals surface area (Å²) in [5.74, 6) is -0.103. The molecule has 0 atom stereocenters. The molecule has 2 aliphatic rings. The third-order valence-corrected chi connectivity index (χ3v) is 8.96. The number of ketones is 1. The maximum Gasteiger partial charge on any atom is 0.319 e. The molecular weight excluding hydrogens is 677 g/mol. The Hall–Kier alpha value is -3.95. The van der Waals surface area contributed by atoms with Gasteiger partial charge in [0.2, 0.25) is 17.5 Å². The molecule has 2 saturated heterocycles. The molecule has 0 saturated carbocycles. The molecule has 0 spiro atoms. The van der Waals surface area contributed by atoms with Crippen LogP contribution in [0.3, 0.4) is 0 Å². The highest BCUT2D eigenvalue weighted by atomic mass is 35.5. The van der Waals surface area contributed by atoms with Crippen molar-refractivity contribution in [3.63, 3.8) is 0 Å². The molecule has 3 heterocycles. The number of nitrogens with zero attached hydrogens (tertiary/aromatic N) is 4. The second-order valence-corrected chi connectivity index (χ2v) is 12.5. The van der Waals surface area contributed by atoms with E-state index in [1.165, 1.54) is 9.80 Å². The number of urea groups is 2. The van der Waals surface area contributed by atoms with Gasteiger partial charge < -0.3 is 44.9 Å². The molecule has 0 aliphatic carbocycles. The standard InChI is InChI=1S/C33H41Cl2N7O7/c34-26-8-5-24(21-27(26)35)9-16-48-25-6-3-23(4-7-25)22-28-37-30(40-49-28)29(43)33(10-1-2-11-36,38-31(44)41-12-17-46-18-13-41)39-32(45)42-14-19-47-20-15-42/h3-8,21H,1-2,9-20,22,36H2,(H,38,44)(H,39,45). The molecule has 2 aliphatic heterocycles. The molecule has 14 nitrogen and oxygen atoms in total. The quantitative estimate of drug-likeness (QED) is 0.127. The van der Waals surface area contributed by atoms with Crippen LogP contribution in [0.15, 0.2) is 47.0 Å². The smallest absolute Gasteiger partial charge is 0.319 e. The maximum atomic E-state index is 14.3. The molecule has 4 amide bonds. The van der Waals surface area contributed by atoms with E-state index in [4.69, 9.17) is 47.7 Å². The first kappa shape index (κ1) is 36.3. The molecule has 4 N–H and O–H groups in total. The summed E-state index contributed by atoms with van der Waals surface area (Å²) >= 11 is 12.1. The zero-order chi connectivity index (χ0) is 34.6. The number of hydrogen-bond acceptors (Lipinski definition) is 10. The molecule has 0 unspecified atom stereocenters. The average Bonchev–Trinajstić information content (AvgIpc) is 3.59. The predicted molar refractivity (Wildman–Crippen MR) is 181 cm³/mol. The zero-order valence-electron chi connectivity index (χ0n) is 27.1. The van der Waals surface area contributed by atoms with E-state index in [0.717, 1.165) is 11.1 Å². The molecule has 49 heavy (non-hydrogen) atoms. The summed E-state index contributed by atoms with van der Waals surface area (Å²) in [5, 5.41) is 10.6. The number of halogens is 2. The second-order valence-electron chi connectivity index (χ2n) is 11.7. The van der Waals surface area contributed by atoms with Crippen molar-refractivity contribution in [2.45, 2.75) is 37.8 Å². The van der Waals surface area contributed by atoms with Crippen LogP contribution in [-0.4, -0.2) is 109 Å². The van der Waals surface area contributed by atoms with Crippen LogP contribution in [0.2, 0.25) is 10.0 Å². The van der Waals surface area contributed by atoms with Gasteiger partial charge in [-0.1, -0.05) is 46.6 Å². The van der Waals surface area contributed by atoms with Crippen molar-refractivity contribution < 1.29 is 33.1 Å². The molecule has 2 aromatic carbocycles. The third kappa shape index (κ3) is 10.0. The molecule has 0 bridgehead atoms. The number of morpholine rings is 2. The van der Waals surface area contributed by atoms with Crippen LogP contribution < -0.4 is 21.1 Å². The van der Waals surface area contributed by atoms with Crippen molar-refractivity contribution in [3.05, 3.63) is 75.4 Å². The van der Waals surface area contributed by atoms with Crippen molar-refractivity contribution in [1.82, 2.24) is 30.6 Å². The zero-order valence-corrected chi connectivity index (χ0v) is 28.6. The van der Waals surface area contributed by atoms with Crippen molar-refractivity contribution in [3.8, 4) is 5.75 Å². The van der Waals surface area contributed by atoms with Crippen LogP contribution in [0.4, 0.5) is 9.59 Å². The Morgan fingerprint density at radius 3 is 2.06 bits per heavy atom. The molecule has 2 fully saturated rings. The number of carbonyl (C=O) groups excluding carboxylic acids is 3. The van der Waals surface area contributed by atoms with Crippen LogP contribution in [0.1, 0.15) is 46.9 Å². The van der Waals surface area contributed by atoms with Crippen molar-refractivity contribution in [2.24, 2.45) is 5.73 Å². The Morgan fingerprint density at radius 2 is 1.47 bits per heavy atom. The highest BCUT2D eigenvalue weighted by Gasteiger charge is 2.45. The van der Waals surface area contributed by atoms with E-state index >= 15 is 0 Å². The summed E-state index contributed by atoms with van der Waals surface area (Å²) in [7, 11) is 0. The lowest BCUT2D eigenvalue weighted by atomic mass is 9.96. The van der Waals surface area contributed by atoms with E-state index in [1.807, 2.05) is 36.4 Å². The predicted octanol–water partition coefficient (Wildman–Crippen LogP) is 3.68. The lowest BCUT2D eigenvalue weighted by Gasteiger charge is -2.38. The van der Waals surface area contributed by atoms with Gasteiger partial charge in [-0.05, 0) is 61.2 Å². The molecular formula is C33H41Cl2N7O7. The second kappa shape index (κ2) is 17.6. The molecule has 1 aromatic heterocycles. The summed E-state index contributed by atoms with van der Waals surface area (Å²) in [5.41, 5.74) is 5.76. The first-order chi connectivity index (χ1) is 23.8. The van der Waals surface area contributed by atoms with Crippen molar-refractivity contribution in [2.75, 3.05) is 65.8 Å². The van der Waals surface area contributed by atoms with Crippen LogP contribution in [0.25, 0.3) is 0 Å². The van der Waals surface area contributed by atoms with Gasteiger partial charge in [-0.3, -0.25) is 4.79 Å². The molecule has 5 rings (SSSR count). The number of Topliss-reactive ketones (excluding diaryl/α,β-unsaturated/α-hetero) is 1. The van der Waals surface area contributed by atoms with Gasteiger partial charge in [0.15, 0.2) is 5.66 Å². The fourth-order valence-corrected chi connectivity index (χ4v) is 5.76. The van der Waals surface area contributed by atoms with Crippen LogP contribution in [0, 0.1) is 0 Å². The fourth-order valence-electron chi connectivity index (χ4n) is 5.44. The minimum absolute atomic E-state index is 0.0611. The highest BCUT2D eigenvalue weighted by molar-refractivity contribution is 6.42. The van der Waals surface area contributed by atoms with Gasteiger partial charge in [-0.25, -0.2) is 9.59 Å². The Kier molecular flexibility index (Phi) is 13.1. The number of ether oxygens (including phenoxy) is 3. The Bertz CT molecular complexity index is 1530. The number of hydrogen-bond donors (Lipinski definition) is 3. The molecule has 16 heteroatoms. The Labute approximate surface area is 294 Å². The number of nitrogens with two attached hydrogens (primary N) is 1. The topological polar surface area (TPSA) is 174 Å². The average molecular weight is 719 g/mol. The highest BCUT2D eigenvalue weighted by Crippen LogP contribution is 2.24. The number of amides is 4. The number of rotatable bonds is 14. The van der Waals surface area contributed by atoms with Gasteiger partial charge in [0.05, 0.1) is 49.5 Å². The summed E-state index contributed by atoms with van der Waals surface area (Å²) < 4.78 is 22.1. The van der Waals surface area contributed by atoms with Crippen molar-refractivity contribution >= 4 is 41.0 Å². The van der Waals surface area contributed by atoms with Gasteiger partial charge >= 0.3 is 12.1 Å². The van der Waals surface area contributed by atoms with E-state index in [9.17, 15) is 14.4 Å². The Morgan fingerprint density at radius 1 is 0.857 bits per heavy atom. The van der Waals surface area contributed by atoms with Gasteiger partial charge in [0.25, 0.3) is 0 Å². The normalized spacial score (nSPS) is 15.2. The van der Waals surface area contributed by atoms with E-state index in [2.05, 4.69) is 20.8 Å². The van der Waals surface area contributed by atoms with Gasteiger partial charge in [0, 0.05) is 32.6 Å².